The Morgan fingerprint density at radius 2 is 1.55 bits per heavy atom. The zero-order valence-electron chi connectivity index (χ0n) is 17.9. The van der Waals surface area contributed by atoms with E-state index in [1.165, 1.54) is 11.1 Å². The molecule has 0 fully saturated rings. The molecular weight excluding hydrogens is 398 g/mol. The van der Waals surface area contributed by atoms with Crippen molar-refractivity contribution < 1.29 is 18.9 Å². The van der Waals surface area contributed by atoms with Crippen molar-refractivity contribution in [2.24, 2.45) is 5.73 Å². The minimum absolute atomic E-state index is 0. The van der Waals surface area contributed by atoms with Gasteiger partial charge in [0.05, 0.1) is 0 Å². The fourth-order valence-corrected chi connectivity index (χ4v) is 3.22. The van der Waals surface area contributed by atoms with E-state index in [1.807, 2.05) is 48.5 Å². The number of hydrogen-bond acceptors (Lipinski definition) is 3. The van der Waals surface area contributed by atoms with Gasteiger partial charge in [-0.3, -0.25) is 14.8 Å². The van der Waals surface area contributed by atoms with E-state index in [4.69, 9.17) is 20.6 Å². The average Bonchev–Trinajstić information content (AvgIpc) is 2.72. The Balaban J connectivity index is 0.00000240. The van der Waals surface area contributed by atoms with Crippen LogP contribution in [0.15, 0.2) is 66.7 Å². The number of nitrogens with one attached hydrogen (secondary N) is 1. The van der Waals surface area contributed by atoms with Gasteiger partial charge in [0.2, 0.25) is 0 Å². The molecule has 0 aliphatic carbocycles. The van der Waals surface area contributed by atoms with Crippen LogP contribution in [0.3, 0.4) is 0 Å². The van der Waals surface area contributed by atoms with Crippen molar-refractivity contribution in [1.29, 1.82) is 5.41 Å². The maximum absolute atomic E-state index is 7.52. The molecule has 0 aromatic heterocycles. The van der Waals surface area contributed by atoms with Crippen LogP contribution in [0.25, 0.3) is 11.1 Å². The first-order valence-corrected chi connectivity index (χ1v) is 9.97. The lowest BCUT2D eigenvalue weighted by Crippen LogP contribution is -2.10. The second-order valence-corrected chi connectivity index (χ2v) is 7.08. The Bertz CT molecular complexity index is 976. The Hall–Kier alpha value is -3.41. The minimum atomic E-state index is 0. The van der Waals surface area contributed by atoms with Gasteiger partial charge in [-0.15, -0.1) is 0 Å². The third-order valence-corrected chi connectivity index (χ3v) is 4.71. The van der Waals surface area contributed by atoms with E-state index >= 15 is 0 Å². The summed E-state index contributed by atoms with van der Waals surface area (Å²) < 4.78 is 11.8. The van der Waals surface area contributed by atoms with Crippen LogP contribution in [0.5, 0.6) is 11.5 Å². The highest BCUT2D eigenvalue weighted by Crippen LogP contribution is 2.28. The van der Waals surface area contributed by atoms with Crippen molar-refractivity contribution in [1.82, 2.24) is 0 Å². The van der Waals surface area contributed by atoms with Gasteiger partial charge in [-0.25, -0.2) is 0 Å². The summed E-state index contributed by atoms with van der Waals surface area (Å²) in [5, 5.41) is 7.52. The fourth-order valence-electron chi connectivity index (χ4n) is 3.22. The molecule has 166 valence electrons. The summed E-state index contributed by atoms with van der Waals surface area (Å²) in [5.41, 5.74) is 10.9. The van der Waals surface area contributed by atoms with Gasteiger partial charge >= 0.3 is 0 Å². The number of hydrogen-bond donors (Lipinski definition) is 2. The maximum atomic E-state index is 7.52. The third-order valence-electron chi connectivity index (χ3n) is 4.71. The molecule has 4 nitrogen and oxygen atoms in total. The molecule has 0 saturated carbocycles. The summed E-state index contributed by atoms with van der Waals surface area (Å²) in [5.74, 6) is 1.86. The molecule has 6 heteroatoms. The van der Waals surface area contributed by atoms with Gasteiger partial charge in [-0.05, 0) is 59.9 Å². The largest absolute Gasteiger partial charge is 0.490 e. The number of nitrogen functional groups attached to an aromatic ring is 1. The molecule has 0 atom stereocenters. The summed E-state index contributed by atoms with van der Waals surface area (Å²) in [6.45, 7) is 5.22. The molecule has 0 radical (unpaired) electrons. The smallest absolute Gasteiger partial charge is 0.122 e. The van der Waals surface area contributed by atoms with Crippen LogP contribution in [0, 0.1) is 12.3 Å². The second-order valence-electron chi connectivity index (χ2n) is 7.08. The Kier molecular flexibility index (Phi) is 10.2. The number of aryl methyl sites for hydroxylation is 2. The van der Waals surface area contributed by atoms with Crippen molar-refractivity contribution in [2.75, 3.05) is 13.2 Å². The molecule has 0 bridgehead atoms. The first-order chi connectivity index (χ1) is 14.1. The number of ether oxygens (including phenoxy) is 2. The van der Waals surface area contributed by atoms with Crippen LogP contribution in [-0.4, -0.2) is 19.0 Å². The van der Waals surface area contributed by atoms with Crippen LogP contribution in [-0.2, 0) is 6.42 Å². The van der Waals surface area contributed by atoms with E-state index in [2.05, 4.69) is 32.0 Å². The predicted octanol–water partition coefficient (Wildman–Crippen LogP) is 5.66. The Labute approximate surface area is 182 Å². The fraction of sp³-hybridized carbons (Fsp3) is 0.240. The van der Waals surface area contributed by atoms with Gasteiger partial charge in [-0.1, -0.05) is 55.8 Å². The van der Waals surface area contributed by atoms with Gasteiger partial charge in [0, 0.05) is 5.56 Å². The normalized spacial score (nSPS) is 9.87. The molecule has 31 heavy (non-hydrogen) atoms. The topological polar surface area (TPSA) is 68.3 Å². The highest BCUT2D eigenvalue weighted by molar-refractivity contribution is 5.95. The van der Waals surface area contributed by atoms with Crippen LogP contribution < -0.4 is 15.2 Å². The summed E-state index contributed by atoms with van der Waals surface area (Å²) in [4.78, 5) is 0. The third kappa shape index (κ3) is 7.10. The van der Waals surface area contributed by atoms with Crippen LogP contribution in [0.1, 0.15) is 30.0 Å². The molecule has 0 heterocycles. The van der Waals surface area contributed by atoms with Crippen molar-refractivity contribution in [3.05, 3.63) is 83.4 Å². The van der Waals surface area contributed by atoms with E-state index in [9.17, 15) is 0 Å². The van der Waals surface area contributed by atoms with Gasteiger partial charge in [0.25, 0.3) is 0 Å². The molecule has 0 saturated heterocycles. The molecule has 3 aromatic rings. The van der Waals surface area contributed by atoms with Crippen LogP contribution >= 0.6 is 0 Å². The summed E-state index contributed by atoms with van der Waals surface area (Å²) in [7, 11) is 0. The average molecular weight is 429 g/mol. The van der Waals surface area contributed by atoms with Gasteiger partial charge in [-0.2, -0.15) is 0 Å². The molecule has 3 N–H and O–H groups in total. The molecule has 3 aromatic carbocycles. The molecular formula is C25H30F2N2O2. The molecule has 0 amide bonds. The summed E-state index contributed by atoms with van der Waals surface area (Å²) >= 11 is 0. The first kappa shape index (κ1) is 25.6. The molecule has 0 aliphatic rings. The molecule has 3 rings (SSSR count). The minimum Gasteiger partial charge on any atom is -0.490 e. The zero-order chi connectivity index (χ0) is 20.6. The lowest BCUT2D eigenvalue weighted by atomic mass is 9.99. The quantitative estimate of drug-likeness (QED) is 0.262. The number of amidine groups is 1. The lowest BCUT2D eigenvalue weighted by Gasteiger charge is -2.14. The molecule has 0 aliphatic heterocycles. The van der Waals surface area contributed by atoms with Crippen LogP contribution in [0.4, 0.5) is 9.41 Å². The Morgan fingerprint density at radius 3 is 2.19 bits per heavy atom. The lowest BCUT2D eigenvalue weighted by molar-refractivity contribution is 0.216. The Morgan fingerprint density at radius 1 is 0.871 bits per heavy atom. The van der Waals surface area contributed by atoms with Gasteiger partial charge < -0.3 is 15.2 Å². The maximum Gasteiger partial charge on any atom is 0.122 e. The number of benzene rings is 3. The molecule has 0 spiro atoms. The highest BCUT2D eigenvalue weighted by Gasteiger charge is 2.07. The highest BCUT2D eigenvalue weighted by atomic mass is 19.0. The SMILES string of the molecule is CCCc1cc(-c2ccc(C(=N)N)cc2)ccc1OCCOc1cccc(C)c1.F.F. The van der Waals surface area contributed by atoms with E-state index in [1.54, 1.807) is 0 Å². The number of nitrogens with two attached hydrogens (primary N) is 1. The van der Waals surface area contributed by atoms with Gasteiger partial charge in [0.1, 0.15) is 30.5 Å². The predicted molar refractivity (Wildman–Crippen MR) is 124 cm³/mol. The summed E-state index contributed by atoms with van der Waals surface area (Å²) in [6.07, 6.45) is 2.00. The van der Waals surface area contributed by atoms with Crippen molar-refractivity contribution in [3.63, 3.8) is 0 Å². The van der Waals surface area contributed by atoms with Gasteiger partial charge in [0.15, 0.2) is 0 Å². The van der Waals surface area contributed by atoms with E-state index in [0.717, 1.165) is 41.0 Å². The monoisotopic (exact) mass is 428 g/mol. The summed E-state index contributed by atoms with van der Waals surface area (Å²) in [6, 6.07) is 22.1. The number of halogens is 2. The van der Waals surface area contributed by atoms with Crippen molar-refractivity contribution in [2.45, 2.75) is 26.7 Å². The first-order valence-electron chi connectivity index (χ1n) is 9.97. The van der Waals surface area contributed by atoms with E-state index in [-0.39, 0.29) is 15.2 Å². The zero-order valence-corrected chi connectivity index (χ0v) is 17.9. The second kappa shape index (κ2) is 12.3. The standard InChI is InChI=1S/C25H28N2O2.2FH/c1-3-5-22-17-21(19-8-10-20(11-9-19)25(26)27)12-13-24(22)29-15-14-28-23-7-4-6-18(2)16-23;;/h4,6-13,16-17H,3,5,14-15H2,1-2H3,(H3,26,27);2*1H. The van der Waals surface area contributed by atoms with E-state index in [0.29, 0.717) is 13.2 Å². The number of rotatable bonds is 9. The van der Waals surface area contributed by atoms with Crippen molar-refractivity contribution in [3.8, 4) is 22.6 Å². The van der Waals surface area contributed by atoms with Crippen molar-refractivity contribution >= 4 is 5.84 Å². The van der Waals surface area contributed by atoms with E-state index < -0.39 is 0 Å². The molecule has 0 unspecified atom stereocenters. The van der Waals surface area contributed by atoms with Crippen LogP contribution in [0.2, 0.25) is 0 Å².